The van der Waals surface area contributed by atoms with Crippen LogP contribution in [-0.2, 0) is 9.59 Å². The van der Waals surface area contributed by atoms with Gasteiger partial charge in [0, 0.05) is 12.6 Å². The lowest BCUT2D eigenvalue weighted by Crippen LogP contribution is -2.48. The molecule has 2 amide bonds. The molecule has 0 bridgehead atoms. The van der Waals surface area contributed by atoms with Crippen LogP contribution in [0.3, 0.4) is 0 Å². The Morgan fingerprint density at radius 3 is 1.45 bits per heavy atom. The summed E-state index contributed by atoms with van der Waals surface area (Å²) < 4.78 is 11.5. The third-order valence-corrected chi connectivity index (χ3v) is 5.43. The topological polar surface area (TPSA) is 76.7 Å². The Kier molecular flexibility index (Phi) is 9.76. The highest BCUT2D eigenvalue weighted by atomic mass is 16.5. The zero-order chi connectivity index (χ0) is 24.5. The Morgan fingerprint density at radius 2 is 1.06 bits per heavy atom. The SMILES string of the molecule is CC(C)c1ccc(O[C@@H](C)C(=O)NC[C@@H](C)NC(=O)[C@H](C)Oc2ccc(C(C)C)cc2)cc1. The second-order valence-electron chi connectivity index (χ2n) is 9.12. The number of hydrogen-bond acceptors (Lipinski definition) is 4. The first-order valence-electron chi connectivity index (χ1n) is 11.7. The summed E-state index contributed by atoms with van der Waals surface area (Å²) in [6.45, 7) is 14.0. The van der Waals surface area contributed by atoms with Gasteiger partial charge >= 0.3 is 0 Å². The van der Waals surface area contributed by atoms with Crippen molar-refractivity contribution in [3.05, 3.63) is 59.7 Å². The summed E-state index contributed by atoms with van der Waals surface area (Å²) in [6.07, 6.45) is -1.29. The first-order chi connectivity index (χ1) is 15.6. The van der Waals surface area contributed by atoms with E-state index < -0.39 is 12.2 Å². The number of rotatable bonds is 11. The van der Waals surface area contributed by atoms with Gasteiger partial charge in [-0.25, -0.2) is 0 Å². The van der Waals surface area contributed by atoms with Crippen molar-refractivity contribution in [2.75, 3.05) is 6.54 Å². The van der Waals surface area contributed by atoms with Crippen LogP contribution in [0.2, 0.25) is 0 Å². The van der Waals surface area contributed by atoms with E-state index in [4.69, 9.17) is 9.47 Å². The third-order valence-electron chi connectivity index (χ3n) is 5.43. The first kappa shape index (κ1) is 26.2. The molecule has 0 saturated heterocycles. The van der Waals surface area contributed by atoms with Gasteiger partial charge in [0.1, 0.15) is 11.5 Å². The van der Waals surface area contributed by atoms with Crippen LogP contribution < -0.4 is 20.1 Å². The molecule has 2 aromatic carbocycles. The van der Waals surface area contributed by atoms with Crippen LogP contribution in [0.1, 0.15) is 71.4 Å². The molecule has 0 spiro atoms. The summed E-state index contributed by atoms with van der Waals surface area (Å²) in [5.74, 6) is 1.70. The van der Waals surface area contributed by atoms with Crippen molar-refractivity contribution in [2.24, 2.45) is 0 Å². The van der Waals surface area contributed by atoms with Crippen molar-refractivity contribution >= 4 is 11.8 Å². The monoisotopic (exact) mass is 454 g/mol. The molecule has 180 valence electrons. The lowest BCUT2D eigenvalue weighted by Gasteiger charge is -2.20. The maximum absolute atomic E-state index is 12.5. The highest BCUT2D eigenvalue weighted by Crippen LogP contribution is 2.20. The second kappa shape index (κ2) is 12.3. The van der Waals surface area contributed by atoms with Gasteiger partial charge in [0.25, 0.3) is 11.8 Å². The maximum atomic E-state index is 12.5. The van der Waals surface area contributed by atoms with Crippen molar-refractivity contribution < 1.29 is 19.1 Å². The van der Waals surface area contributed by atoms with Crippen molar-refractivity contribution in [2.45, 2.75) is 78.6 Å². The van der Waals surface area contributed by atoms with E-state index in [0.29, 0.717) is 29.9 Å². The highest BCUT2D eigenvalue weighted by Gasteiger charge is 2.19. The number of hydrogen-bond donors (Lipinski definition) is 2. The molecular formula is C27H38N2O4. The number of carbonyl (C=O) groups excluding carboxylic acids is 2. The molecule has 2 aromatic rings. The van der Waals surface area contributed by atoms with Crippen LogP contribution in [0, 0.1) is 0 Å². The third kappa shape index (κ3) is 8.44. The molecule has 2 rings (SSSR count). The molecule has 0 aromatic heterocycles. The normalized spacial score (nSPS) is 13.8. The lowest BCUT2D eigenvalue weighted by atomic mass is 10.0. The number of amides is 2. The molecule has 0 saturated carbocycles. The smallest absolute Gasteiger partial charge is 0.261 e. The van der Waals surface area contributed by atoms with Crippen LogP contribution in [0.25, 0.3) is 0 Å². The number of benzene rings is 2. The van der Waals surface area contributed by atoms with Crippen molar-refractivity contribution in [3.8, 4) is 11.5 Å². The molecule has 6 heteroatoms. The average Bonchev–Trinajstić information content (AvgIpc) is 2.78. The Morgan fingerprint density at radius 1 is 0.667 bits per heavy atom. The molecular weight excluding hydrogens is 416 g/mol. The first-order valence-corrected chi connectivity index (χ1v) is 11.7. The van der Waals surface area contributed by atoms with Gasteiger partial charge in [-0.3, -0.25) is 9.59 Å². The van der Waals surface area contributed by atoms with E-state index in [1.807, 2.05) is 55.5 Å². The minimum Gasteiger partial charge on any atom is -0.481 e. The predicted octanol–water partition coefficient (Wildman–Crippen LogP) is 4.79. The van der Waals surface area contributed by atoms with Crippen molar-refractivity contribution in [1.29, 1.82) is 0 Å². The van der Waals surface area contributed by atoms with Crippen LogP contribution in [0.15, 0.2) is 48.5 Å². The molecule has 0 radical (unpaired) electrons. The van der Waals surface area contributed by atoms with Gasteiger partial charge in [0.15, 0.2) is 12.2 Å². The van der Waals surface area contributed by atoms with Crippen LogP contribution in [0.5, 0.6) is 11.5 Å². The molecule has 3 atom stereocenters. The van der Waals surface area contributed by atoms with E-state index in [-0.39, 0.29) is 17.9 Å². The van der Waals surface area contributed by atoms with E-state index >= 15 is 0 Å². The minimum atomic E-state index is -0.649. The maximum Gasteiger partial charge on any atom is 0.261 e. The van der Waals surface area contributed by atoms with Gasteiger partial charge in [-0.05, 0) is 68.0 Å². The zero-order valence-corrected chi connectivity index (χ0v) is 20.8. The number of ether oxygens (including phenoxy) is 2. The van der Waals surface area contributed by atoms with Gasteiger partial charge in [0.2, 0.25) is 0 Å². The molecule has 0 aliphatic heterocycles. The predicted molar refractivity (Wildman–Crippen MR) is 132 cm³/mol. The fourth-order valence-electron chi connectivity index (χ4n) is 3.19. The second-order valence-corrected chi connectivity index (χ2v) is 9.12. The number of nitrogens with one attached hydrogen (secondary N) is 2. The van der Waals surface area contributed by atoms with E-state index in [9.17, 15) is 9.59 Å². The average molecular weight is 455 g/mol. The molecule has 33 heavy (non-hydrogen) atoms. The summed E-state index contributed by atoms with van der Waals surface area (Å²) in [5.41, 5.74) is 2.43. The largest absolute Gasteiger partial charge is 0.481 e. The van der Waals surface area contributed by atoms with E-state index in [2.05, 4.69) is 38.3 Å². The quantitative estimate of drug-likeness (QED) is 0.512. The highest BCUT2D eigenvalue weighted by molar-refractivity contribution is 5.82. The van der Waals surface area contributed by atoms with Gasteiger partial charge in [-0.2, -0.15) is 0 Å². The lowest BCUT2D eigenvalue weighted by molar-refractivity contribution is -0.129. The van der Waals surface area contributed by atoms with Gasteiger partial charge < -0.3 is 20.1 Å². The summed E-state index contributed by atoms with van der Waals surface area (Å²) >= 11 is 0. The Hall–Kier alpha value is -3.02. The fourth-order valence-corrected chi connectivity index (χ4v) is 3.19. The molecule has 0 aliphatic carbocycles. The van der Waals surface area contributed by atoms with Gasteiger partial charge in [-0.15, -0.1) is 0 Å². The van der Waals surface area contributed by atoms with Crippen molar-refractivity contribution in [3.63, 3.8) is 0 Å². The van der Waals surface area contributed by atoms with Crippen molar-refractivity contribution in [1.82, 2.24) is 10.6 Å². The minimum absolute atomic E-state index is 0.237. The zero-order valence-electron chi connectivity index (χ0n) is 20.8. The molecule has 0 heterocycles. The summed E-state index contributed by atoms with van der Waals surface area (Å²) in [5, 5.41) is 5.69. The van der Waals surface area contributed by atoms with Crippen LogP contribution in [0.4, 0.5) is 0 Å². The molecule has 0 aliphatic rings. The standard InChI is InChI=1S/C27H38N2O4/c1-17(2)22-8-12-24(13-9-22)32-20(6)26(30)28-16-19(5)29-27(31)21(7)33-25-14-10-23(11-15-25)18(3)4/h8-15,17-21H,16H2,1-7H3,(H,28,30)(H,29,31)/t19-,20+,21+/m1/s1. The van der Waals surface area contributed by atoms with E-state index in [1.54, 1.807) is 13.8 Å². The Bertz CT molecular complexity index is 891. The van der Waals surface area contributed by atoms with E-state index in [1.165, 1.54) is 11.1 Å². The summed E-state index contributed by atoms with van der Waals surface area (Å²) in [4.78, 5) is 24.8. The molecule has 6 nitrogen and oxygen atoms in total. The van der Waals surface area contributed by atoms with Crippen LogP contribution >= 0.6 is 0 Å². The Balaban J connectivity index is 1.75. The molecule has 0 unspecified atom stereocenters. The number of carbonyl (C=O) groups is 2. The summed E-state index contributed by atoms with van der Waals surface area (Å²) in [6, 6.07) is 15.3. The van der Waals surface area contributed by atoms with E-state index in [0.717, 1.165) is 0 Å². The molecule has 0 fully saturated rings. The van der Waals surface area contributed by atoms with Crippen LogP contribution in [-0.4, -0.2) is 36.6 Å². The fraction of sp³-hybridized carbons (Fsp3) is 0.481. The Labute approximate surface area is 198 Å². The van der Waals surface area contributed by atoms with Gasteiger partial charge in [-0.1, -0.05) is 52.0 Å². The summed E-state index contributed by atoms with van der Waals surface area (Å²) in [7, 11) is 0. The van der Waals surface area contributed by atoms with Gasteiger partial charge in [0.05, 0.1) is 0 Å². The molecule has 2 N–H and O–H groups in total.